The molecule has 3 aromatic heterocycles. The van der Waals surface area contributed by atoms with Crippen molar-refractivity contribution in [3.05, 3.63) is 88.5 Å². The number of fused-ring (bicyclic) bond motifs is 2. The number of nitrogens with two attached hydrogens (primary N) is 1. The molecule has 180 valence electrons. The zero-order chi connectivity index (χ0) is 25.0. The number of para-hydroxylation sites is 1. The van der Waals surface area contributed by atoms with E-state index >= 15 is 4.39 Å². The molecule has 0 saturated carbocycles. The van der Waals surface area contributed by atoms with Crippen LogP contribution < -0.4 is 16.6 Å². The Morgan fingerprint density at radius 2 is 1.94 bits per heavy atom. The molecule has 1 aliphatic heterocycles. The van der Waals surface area contributed by atoms with Gasteiger partial charge in [-0.2, -0.15) is 0 Å². The fourth-order valence-corrected chi connectivity index (χ4v) is 4.95. The number of rotatable bonds is 4. The number of nitrogens with one attached hydrogen (secondary N) is 1. The van der Waals surface area contributed by atoms with E-state index in [0.717, 1.165) is 6.42 Å². The van der Waals surface area contributed by atoms with E-state index in [1.165, 1.54) is 23.1 Å². The quantitative estimate of drug-likeness (QED) is 0.406. The maximum absolute atomic E-state index is 15.2. The summed E-state index contributed by atoms with van der Waals surface area (Å²) in [4.78, 5) is 34.8. The van der Waals surface area contributed by atoms with Crippen LogP contribution in [0.5, 0.6) is 0 Å². The van der Waals surface area contributed by atoms with Crippen molar-refractivity contribution in [3.63, 3.8) is 0 Å². The lowest BCUT2D eigenvalue weighted by atomic mass is 10.1. The van der Waals surface area contributed by atoms with E-state index in [9.17, 15) is 9.59 Å². The van der Waals surface area contributed by atoms with Crippen LogP contribution in [0.4, 0.5) is 15.9 Å². The lowest BCUT2D eigenvalue weighted by Crippen LogP contribution is -2.26. The third kappa shape index (κ3) is 3.29. The lowest BCUT2D eigenvalue weighted by molar-refractivity contribution is 0.102. The first-order valence-electron chi connectivity index (χ1n) is 11.5. The van der Waals surface area contributed by atoms with Crippen molar-refractivity contribution in [1.29, 1.82) is 0 Å². The third-order valence-corrected chi connectivity index (χ3v) is 6.57. The van der Waals surface area contributed by atoms with Crippen LogP contribution in [0, 0.1) is 5.82 Å². The van der Waals surface area contributed by atoms with E-state index in [4.69, 9.17) is 5.73 Å². The molecule has 2 aromatic carbocycles. The van der Waals surface area contributed by atoms with Crippen LogP contribution >= 0.6 is 0 Å². The second-order valence-corrected chi connectivity index (χ2v) is 8.76. The molecule has 0 unspecified atom stereocenters. The van der Waals surface area contributed by atoms with Crippen LogP contribution in [-0.2, 0) is 20.0 Å². The van der Waals surface area contributed by atoms with Crippen molar-refractivity contribution in [2.75, 3.05) is 11.1 Å². The molecule has 0 fully saturated rings. The van der Waals surface area contributed by atoms with Crippen molar-refractivity contribution in [2.45, 2.75) is 19.4 Å². The number of hydrogen-bond donors (Lipinski definition) is 2. The first-order valence-corrected chi connectivity index (χ1v) is 11.5. The minimum atomic E-state index is -0.632. The number of amides is 1. The van der Waals surface area contributed by atoms with Crippen LogP contribution in [0.1, 0.15) is 22.5 Å². The smallest absolute Gasteiger partial charge is 0.284 e. The fourth-order valence-electron chi connectivity index (χ4n) is 4.95. The molecular weight excluding hydrogens is 461 g/mol. The number of halogens is 1. The average molecular weight is 484 g/mol. The number of benzene rings is 2. The molecule has 0 spiro atoms. The van der Waals surface area contributed by atoms with Gasteiger partial charge in [-0.25, -0.2) is 19.0 Å². The summed E-state index contributed by atoms with van der Waals surface area (Å²) in [6.07, 6.45) is 4.61. The van der Waals surface area contributed by atoms with Gasteiger partial charge in [0.05, 0.1) is 22.5 Å². The molecule has 0 aliphatic carbocycles. The molecule has 0 radical (unpaired) electrons. The summed E-state index contributed by atoms with van der Waals surface area (Å²) in [5, 5.41) is 3.23. The fraction of sp³-hybridized carbons (Fsp3) is 0.154. The predicted molar refractivity (Wildman–Crippen MR) is 135 cm³/mol. The van der Waals surface area contributed by atoms with Crippen molar-refractivity contribution in [2.24, 2.45) is 7.05 Å². The minimum Gasteiger partial charge on any atom is -0.383 e. The molecule has 9 nitrogen and oxygen atoms in total. The zero-order valence-corrected chi connectivity index (χ0v) is 19.4. The highest BCUT2D eigenvalue weighted by atomic mass is 19.1. The van der Waals surface area contributed by atoms with Crippen LogP contribution in [0.2, 0.25) is 0 Å². The summed E-state index contributed by atoms with van der Waals surface area (Å²) in [6, 6.07) is 13.7. The summed E-state index contributed by atoms with van der Waals surface area (Å²) in [5.74, 6) is -0.965. The Morgan fingerprint density at radius 1 is 1.14 bits per heavy atom. The number of anilines is 2. The number of hydrogen-bond acceptors (Lipinski definition) is 5. The standard InChI is InChI=1S/C26H22FN7O2/c1-32-13-17(21-23(28)29-14-30-24(21)32)15-9-10-19(18(27)12-15)31-25(35)22-20-8-5-11-33(20)34(26(22)36)16-6-3-2-4-7-16/h2-4,6-7,9-10,12-14H,5,8,11H2,1H3,(H,31,35)(H2,28,29,30). The monoisotopic (exact) mass is 483 g/mol. The number of aryl methyl sites for hydroxylation is 1. The Morgan fingerprint density at radius 3 is 2.72 bits per heavy atom. The van der Waals surface area contributed by atoms with Gasteiger partial charge < -0.3 is 15.6 Å². The number of aromatic nitrogens is 5. The largest absolute Gasteiger partial charge is 0.383 e. The second-order valence-electron chi connectivity index (χ2n) is 8.76. The highest BCUT2D eigenvalue weighted by molar-refractivity contribution is 6.05. The summed E-state index contributed by atoms with van der Waals surface area (Å²) >= 11 is 0. The third-order valence-electron chi connectivity index (χ3n) is 6.57. The maximum Gasteiger partial charge on any atom is 0.284 e. The molecule has 1 aliphatic rings. The number of nitrogen functional groups attached to an aromatic ring is 1. The van der Waals surface area contributed by atoms with Gasteiger partial charge in [-0.3, -0.25) is 14.3 Å². The molecular formula is C26H22FN7O2. The van der Waals surface area contributed by atoms with Gasteiger partial charge in [0.25, 0.3) is 11.5 Å². The summed E-state index contributed by atoms with van der Waals surface area (Å²) in [7, 11) is 1.82. The zero-order valence-electron chi connectivity index (χ0n) is 19.4. The second kappa shape index (κ2) is 8.19. The Balaban J connectivity index is 1.36. The number of carbonyl (C=O) groups is 1. The summed E-state index contributed by atoms with van der Waals surface area (Å²) in [6.45, 7) is 0.633. The van der Waals surface area contributed by atoms with Gasteiger partial charge in [0.1, 0.15) is 29.2 Å². The summed E-state index contributed by atoms with van der Waals surface area (Å²) < 4.78 is 20.3. The van der Waals surface area contributed by atoms with Crippen LogP contribution in [0.25, 0.3) is 27.8 Å². The molecule has 0 saturated heterocycles. The van der Waals surface area contributed by atoms with Crippen LogP contribution in [-0.4, -0.2) is 29.8 Å². The van der Waals surface area contributed by atoms with E-state index in [1.54, 1.807) is 16.8 Å². The normalized spacial score (nSPS) is 12.7. The highest BCUT2D eigenvalue weighted by Gasteiger charge is 2.29. The van der Waals surface area contributed by atoms with E-state index in [0.29, 0.717) is 52.3 Å². The lowest BCUT2D eigenvalue weighted by Gasteiger charge is -2.08. The van der Waals surface area contributed by atoms with E-state index in [2.05, 4.69) is 15.3 Å². The van der Waals surface area contributed by atoms with Crippen molar-refractivity contribution in [1.82, 2.24) is 23.9 Å². The van der Waals surface area contributed by atoms with Crippen LogP contribution in [0.3, 0.4) is 0 Å². The molecule has 0 atom stereocenters. The SMILES string of the molecule is Cn1cc(-c2ccc(NC(=O)c3c4n(n(-c5ccccc5)c3=O)CCC4)c(F)c2)c2c(N)ncnc21. The van der Waals surface area contributed by atoms with Crippen molar-refractivity contribution >= 4 is 28.4 Å². The minimum absolute atomic E-state index is 0.0168. The molecule has 4 heterocycles. The Bertz CT molecular complexity index is 1720. The first-order chi connectivity index (χ1) is 17.4. The predicted octanol–water partition coefficient (Wildman–Crippen LogP) is 3.51. The number of nitrogens with zero attached hydrogens (tertiary/aromatic N) is 5. The van der Waals surface area contributed by atoms with Gasteiger partial charge in [0.15, 0.2) is 0 Å². The molecule has 1 amide bonds. The highest BCUT2D eigenvalue weighted by Crippen LogP contribution is 2.33. The Labute approximate surface area is 204 Å². The van der Waals surface area contributed by atoms with Gasteiger partial charge in [-0.05, 0) is 42.7 Å². The van der Waals surface area contributed by atoms with Gasteiger partial charge in [0.2, 0.25) is 0 Å². The average Bonchev–Trinajstić information content (AvgIpc) is 3.54. The molecule has 3 N–H and O–H groups in total. The molecule has 5 aromatic rings. The van der Waals surface area contributed by atoms with E-state index < -0.39 is 17.3 Å². The Hall–Kier alpha value is -4.73. The van der Waals surface area contributed by atoms with Gasteiger partial charge in [0, 0.05) is 25.4 Å². The van der Waals surface area contributed by atoms with Gasteiger partial charge >= 0.3 is 0 Å². The molecule has 0 bridgehead atoms. The maximum atomic E-state index is 15.2. The first kappa shape index (κ1) is 21.8. The topological polar surface area (TPSA) is 113 Å². The van der Waals surface area contributed by atoms with E-state index in [1.807, 2.05) is 42.1 Å². The summed E-state index contributed by atoms with van der Waals surface area (Å²) in [5.41, 5.74) is 8.87. The van der Waals surface area contributed by atoms with Crippen molar-refractivity contribution in [3.8, 4) is 16.8 Å². The molecule has 36 heavy (non-hydrogen) atoms. The van der Waals surface area contributed by atoms with E-state index in [-0.39, 0.29) is 11.3 Å². The molecule has 6 rings (SSSR count). The van der Waals surface area contributed by atoms with Gasteiger partial charge in [-0.15, -0.1) is 0 Å². The van der Waals surface area contributed by atoms with Crippen LogP contribution in [0.15, 0.2) is 65.8 Å². The molecule has 10 heteroatoms. The number of carbonyl (C=O) groups excluding carboxylic acids is 1. The Kier molecular flexibility index (Phi) is 4.96. The van der Waals surface area contributed by atoms with Gasteiger partial charge in [-0.1, -0.05) is 24.3 Å². The van der Waals surface area contributed by atoms with Crippen molar-refractivity contribution < 1.29 is 9.18 Å².